The summed E-state index contributed by atoms with van der Waals surface area (Å²) in [5.41, 5.74) is 6.17. The maximum absolute atomic E-state index is 12.6. The van der Waals surface area contributed by atoms with Crippen molar-refractivity contribution in [3.05, 3.63) is 29.8 Å². The van der Waals surface area contributed by atoms with Crippen LogP contribution in [0.2, 0.25) is 0 Å². The van der Waals surface area contributed by atoms with Crippen LogP contribution in [-0.2, 0) is 30.4 Å². The predicted octanol–water partition coefficient (Wildman–Crippen LogP) is -1.47. The number of carboxylic acids is 2. The van der Waals surface area contributed by atoms with Crippen molar-refractivity contribution in [2.24, 2.45) is 5.73 Å². The number of nitrogens with two attached hydrogens (primary N) is 1. The van der Waals surface area contributed by atoms with Crippen molar-refractivity contribution in [2.45, 2.75) is 43.4 Å². The Kier molecular flexibility index (Phi) is 12.2. The molecular formula is C20H28N4O8S2. The minimum absolute atomic E-state index is 0.00573. The molecule has 0 aliphatic heterocycles. The average Bonchev–Trinajstić information content (AvgIpc) is 2.79. The number of phenols is 1. The number of benzene rings is 1. The van der Waals surface area contributed by atoms with E-state index in [-0.39, 0.29) is 36.5 Å². The number of aromatic hydroxyl groups is 1. The Bertz CT molecular complexity index is 884. The Morgan fingerprint density at radius 2 is 1.29 bits per heavy atom. The third-order valence-corrected chi connectivity index (χ3v) is 5.36. The molecule has 0 aliphatic carbocycles. The summed E-state index contributed by atoms with van der Waals surface area (Å²) in [6.07, 6.45) is -0.539. The highest BCUT2D eigenvalue weighted by Gasteiger charge is 2.29. The summed E-state index contributed by atoms with van der Waals surface area (Å²) in [6.45, 7) is 0. The third-order valence-electron chi connectivity index (χ3n) is 4.63. The number of nitrogens with one attached hydrogen (secondary N) is 3. The molecular weight excluding hydrogens is 488 g/mol. The van der Waals surface area contributed by atoms with E-state index in [2.05, 4.69) is 41.2 Å². The smallest absolute Gasteiger partial charge is 0.326 e. The van der Waals surface area contributed by atoms with Gasteiger partial charge < -0.3 is 37.0 Å². The van der Waals surface area contributed by atoms with Crippen LogP contribution in [0.4, 0.5) is 0 Å². The molecule has 0 spiro atoms. The van der Waals surface area contributed by atoms with Crippen molar-refractivity contribution in [1.82, 2.24) is 16.0 Å². The quantitative estimate of drug-likeness (QED) is 0.132. The van der Waals surface area contributed by atoms with Gasteiger partial charge in [-0.2, -0.15) is 25.3 Å². The molecule has 0 bridgehead atoms. The monoisotopic (exact) mass is 516 g/mol. The fourth-order valence-electron chi connectivity index (χ4n) is 2.69. The molecule has 188 valence electrons. The Labute approximate surface area is 206 Å². The number of rotatable bonds is 14. The zero-order valence-electron chi connectivity index (χ0n) is 18.0. The van der Waals surface area contributed by atoms with E-state index in [9.17, 15) is 34.2 Å². The van der Waals surface area contributed by atoms with Gasteiger partial charge in [0, 0.05) is 24.3 Å². The Morgan fingerprint density at radius 3 is 1.74 bits per heavy atom. The van der Waals surface area contributed by atoms with Crippen molar-refractivity contribution < 1.29 is 39.3 Å². The highest BCUT2D eigenvalue weighted by Crippen LogP contribution is 2.11. The summed E-state index contributed by atoms with van der Waals surface area (Å²) in [7, 11) is 0. The van der Waals surface area contributed by atoms with E-state index in [1.165, 1.54) is 24.3 Å². The summed E-state index contributed by atoms with van der Waals surface area (Å²) in [5.74, 6) is -5.10. The van der Waals surface area contributed by atoms with Gasteiger partial charge in [0.1, 0.15) is 23.9 Å². The standard InChI is InChI=1S/C20H28N4O8S2/c21-12(5-6-16(26)27)17(28)23-14(8-33)19(30)24-15(9-34)18(29)22-13(20(31)32)7-10-1-3-11(25)4-2-10/h1-4,12-15,25,33-34H,5-9,21H2,(H,22,29)(H,23,28)(H,24,30)(H,26,27)(H,31,32). The van der Waals surface area contributed by atoms with Gasteiger partial charge in [-0.15, -0.1) is 0 Å². The maximum atomic E-state index is 12.6. The number of amides is 3. The molecule has 0 aromatic heterocycles. The highest BCUT2D eigenvalue weighted by molar-refractivity contribution is 7.80. The van der Waals surface area contributed by atoms with E-state index in [0.717, 1.165) is 0 Å². The number of hydrogen-bond donors (Lipinski definition) is 9. The van der Waals surface area contributed by atoms with E-state index in [1.54, 1.807) is 0 Å². The Hall–Kier alpha value is -2.97. The lowest BCUT2D eigenvalue weighted by atomic mass is 10.1. The molecule has 0 heterocycles. The summed E-state index contributed by atoms with van der Waals surface area (Å²) >= 11 is 8.03. The number of carbonyl (C=O) groups is 5. The molecule has 0 saturated heterocycles. The van der Waals surface area contributed by atoms with Crippen molar-refractivity contribution in [1.29, 1.82) is 0 Å². The number of carboxylic acid groups (broad SMARTS) is 2. The van der Waals surface area contributed by atoms with Crippen molar-refractivity contribution in [2.75, 3.05) is 11.5 Å². The van der Waals surface area contributed by atoms with Crippen LogP contribution in [0, 0.1) is 0 Å². The van der Waals surface area contributed by atoms with Crippen LogP contribution < -0.4 is 21.7 Å². The van der Waals surface area contributed by atoms with Gasteiger partial charge in [-0.1, -0.05) is 12.1 Å². The zero-order chi connectivity index (χ0) is 25.8. The predicted molar refractivity (Wildman–Crippen MR) is 128 cm³/mol. The number of aliphatic carboxylic acids is 2. The first-order chi connectivity index (χ1) is 16.0. The van der Waals surface area contributed by atoms with Gasteiger partial charge in [0.25, 0.3) is 0 Å². The second-order valence-electron chi connectivity index (χ2n) is 7.30. The van der Waals surface area contributed by atoms with E-state index >= 15 is 0 Å². The van der Waals surface area contributed by atoms with Crippen LogP contribution in [0.1, 0.15) is 18.4 Å². The molecule has 3 amide bonds. The molecule has 4 unspecified atom stereocenters. The summed E-state index contributed by atoms with van der Waals surface area (Å²) in [4.78, 5) is 59.5. The number of phenolic OH excluding ortho intramolecular Hbond substituents is 1. The van der Waals surface area contributed by atoms with Gasteiger partial charge in [0.05, 0.1) is 6.04 Å². The molecule has 0 radical (unpaired) electrons. The lowest BCUT2D eigenvalue weighted by Crippen LogP contribution is -2.58. The van der Waals surface area contributed by atoms with Crippen LogP contribution >= 0.6 is 25.3 Å². The third kappa shape index (κ3) is 9.89. The van der Waals surface area contributed by atoms with E-state index in [4.69, 9.17) is 10.8 Å². The van der Waals surface area contributed by atoms with Gasteiger partial charge in [-0.3, -0.25) is 19.2 Å². The van der Waals surface area contributed by atoms with Gasteiger partial charge in [-0.05, 0) is 24.1 Å². The van der Waals surface area contributed by atoms with Crippen LogP contribution in [-0.4, -0.2) is 80.7 Å². The fourth-order valence-corrected chi connectivity index (χ4v) is 3.20. The normalized spacial score (nSPS) is 14.2. The van der Waals surface area contributed by atoms with Crippen LogP contribution in [0.3, 0.4) is 0 Å². The van der Waals surface area contributed by atoms with Crippen molar-refractivity contribution in [3.63, 3.8) is 0 Å². The minimum Gasteiger partial charge on any atom is -0.508 e. The first-order valence-electron chi connectivity index (χ1n) is 10.1. The van der Waals surface area contributed by atoms with Gasteiger partial charge >= 0.3 is 11.9 Å². The van der Waals surface area contributed by atoms with E-state index in [1.807, 2.05) is 0 Å². The maximum Gasteiger partial charge on any atom is 0.326 e. The molecule has 14 heteroatoms. The first kappa shape index (κ1) is 29.1. The molecule has 8 N–H and O–H groups in total. The van der Waals surface area contributed by atoms with Crippen LogP contribution in [0.5, 0.6) is 5.75 Å². The number of carbonyl (C=O) groups excluding carboxylic acids is 3. The molecule has 1 rings (SSSR count). The van der Waals surface area contributed by atoms with E-state index < -0.39 is 53.8 Å². The van der Waals surface area contributed by atoms with E-state index in [0.29, 0.717) is 5.56 Å². The van der Waals surface area contributed by atoms with Crippen LogP contribution in [0.15, 0.2) is 24.3 Å². The zero-order valence-corrected chi connectivity index (χ0v) is 19.8. The van der Waals surface area contributed by atoms with Gasteiger partial charge in [-0.25, -0.2) is 4.79 Å². The summed E-state index contributed by atoms with van der Waals surface area (Å²) in [5, 5.41) is 34.5. The average molecular weight is 517 g/mol. The largest absolute Gasteiger partial charge is 0.508 e. The number of hydrogen-bond acceptors (Lipinski definition) is 9. The lowest BCUT2D eigenvalue weighted by molar-refractivity contribution is -0.142. The minimum atomic E-state index is -1.32. The molecule has 1 aromatic carbocycles. The number of thiol groups is 2. The second kappa shape index (κ2) is 14.3. The molecule has 0 fully saturated rings. The molecule has 0 saturated carbocycles. The molecule has 34 heavy (non-hydrogen) atoms. The summed E-state index contributed by atoms with van der Waals surface area (Å²) in [6, 6.07) is 0.896. The molecule has 12 nitrogen and oxygen atoms in total. The second-order valence-corrected chi connectivity index (χ2v) is 8.03. The molecule has 4 atom stereocenters. The Balaban J connectivity index is 2.75. The first-order valence-corrected chi connectivity index (χ1v) is 11.4. The van der Waals surface area contributed by atoms with Gasteiger partial charge in [0.15, 0.2) is 0 Å². The van der Waals surface area contributed by atoms with Crippen LogP contribution in [0.25, 0.3) is 0 Å². The molecule has 0 aliphatic rings. The SMILES string of the molecule is NC(CCC(=O)O)C(=O)NC(CS)C(=O)NC(CS)C(=O)NC(Cc1ccc(O)cc1)C(=O)O. The summed E-state index contributed by atoms with van der Waals surface area (Å²) < 4.78 is 0. The topological polar surface area (TPSA) is 208 Å². The van der Waals surface area contributed by atoms with Gasteiger partial charge in [0.2, 0.25) is 17.7 Å². The fraction of sp³-hybridized carbons (Fsp3) is 0.450. The van der Waals surface area contributed by atoms with Crippen molar-refractivity contribution >= 4 is 54.9 Å². The highest BCUT2D eigenvalue weighted by atomic mass is 32.1. The van der Waals surface area contributed by atoms with Crippen molar-refractivity contribution in [3.8, 4) is 5.75 Å². The molecule has 1 aromatic rings. The lowest BCUT2D eigenvalue weighted by Gasteiger charge is -2.23. The Morgan fingerprint density at radius 1 is 0.824 bits per heavy atom.